The molecule has 7 nitrogen and oxygen atoms in total. The van der Waals surface area contributed by atoms with E-state index < -0.39 is 22.9 Å². The maximum Gasteiger partial charge on any atom is 0.331 e. The number of benzene rings is 1. The van der Waals surface area contributed by atoms with Gasteiger partial charge in [-0.2, -0.15) is 0 Å². The van der Waals surface area contributed by atoms with Crippen molar-refractivity contribution < 1.29 is 9.50 Å². The second-order valence-corrected chi connectivity index (χ2v) is 5.77. The largest absolute Gasteiger partial charge is 0.494 e. The Kier molecular flexibility index (Phi) is 6.85. The minimum Gasteiger partial charge on any atom is -0.494 e. The highest BCUT2D eigenvalue weighted by molar-refractivity contribution is 5.81. The van der Waals surface area contributed by atoms with E-state index in [-0.39, 0.29) is 12.1 Å². The molecule has 0 aliphatic carbocycles. The van der Waals surface area contributed by atoms with Crippen LogP contribution in [0.2, 0.25) is 0 Å². The average molecular weight is 362 g/mol. The van der Waals surface area contributed by atoms with Crippen LogP contribution in [0, 0.1) is 5.82 Å². The van der Waals surface area contributed by atoms with Gasteiger partial charge in [-0.15, -0.1) is 0 Å². The third kappa shape index (κ3) is 4.89. The first-order valence-corrected chi connectivity index (χ1v) is 8.49. The number of aromatic nitrogens is 2. The van der Waals surface area contributed by atoms with E-state index in [2.05, 4.69) is 28.7 Å². The van der Waals surface area contributed by atoms with Crippen LogP contribution in [0.15, 0.2) is 38.8 Å². The number of halogens is 1. The first-order chi connectivity index (χ1) is 12.5. The molecule has 8 heteroatoms. The van der Waals surface area contributed by atoms with Crippen molar-refractivity contribution in [3.8, 4) is 5.88 Å². The van der Waals surface area contributed by atoms with Gasteiger partial charge in [0.1, 0.15) is 11.4 Å². The summed E-state index contributed by atoms with van der Waals surface area (Å²) >= 11 is 0. The molecule has 0 radical (unpaired) electrons. The Morgan fingerprint density at radius 3 is 2.50 bits per heavy atom. The fourth-order valence-corrected chi connectivity index (χ4v) is 2.51. The van der Waals surface area contributed by atoms with E-state index in [1.54, 1.807) is 0 Å². The molecule has 140 valence electrons. The maximum absolute atomic E-state index is 13.0. The zero-order valence-corrected chi connectivity index (χ0v) is 14.9. The number of nitrogens with zero attached hydrogens (tertiary/aromatic N) is 3. The minimum absolute atomic E-state index is 0.00200. The normalized spacial score (nSPS) is 11.5. The summed E-state index contributed by atoms with van der Waals surface area (Å²) in [4.78, 5) is 32.5. The Morgan fingerprint density at radius 1 is 1.23 bits per heavy atom. The summed E-state index contributed by atoms with van der Waals surface area (Å²) in [5.74, 6) is -0.859. The van der Waals surface area contributed by atoms with Crippen LogP contribution in [0.5, 0.6) is 5.88 Å². The fraction of sp³-hybridized carbons (Fsp3) is 0.389. The molecular weight excluding hydrogens is 339 g/mol. The van der Waals surface area contributed by atoms with Gasteiger partial charge in [0.05, 0.1) is 13.1 Å². The zero-order chi connectivity index (χ0) is 19.1. The zero-order valence-electron chi connectivity index (χ0n) is 14.9. The van der Waals surface area contributed by atoms with Crippen LogP contribution in [0.3, 0.4) is 0 Å². The van der Waals surface area contributed by atoms with Crippen molar-refractivity contribution in [2.24, 2.45) is 4.99 Å². The molecule has 0 amide bonds. The Labute approximate surface area is 150 Å². The molecule has 0 saturated heterocycles. The molecule has 0 bridgehead atoms. The summed E-state index contributed by atoms with van der Waals surface area (Å²) in [6.07, 6.45) is 1.28. The molecule has 0 unspecified atom stereocenters. The van der Waals surface area contributed by atoms with Gasteiger partial charge in [0.2, 0.25) is 5.88 Å². The van der Waals surface area contributed by atoms with Crippen LogP contribution < -0.4 is 11.2 Å². The van der Waals surface area contributed by atoms with E-state index in [0.717, 1.165) is 24.2 Å². The number of likely N-dealkylation sites (N-methyl/N-ethyl adjacent to an activating group) is 1. The number of rotatable bonds is 8. The number of aromatic hydroxyl groups is 1. The highest BCUT2D eigenvalue weighted by Gasteiger charge is 2.13. The Balaban J connectivity index is 2.23. The van der Waals surface area contributed by atoms with Gasteiger partial charge in [0, 0.05) is 12.8 Å². The van der Waals surface area contributed by atoms with Gasteiger partial charge in [0.25, 0.3) is 5.56 Å². The molecule has 0 saturated carbocycles. The quantitative estimate of drug-likeness (QED) is 0.690. The molecule has 1 aromatic carbocycles. The van der Waals surface area contributed by atoms with E-state index in [1.165, 1.54) is 30.5 Å². The van der Waals surface area contributed by atoms with Crippen LogP contribution in [-0.4, -0.2) is 52.0 Å². The summed E-state index contributed by atoms with van der Waals surface area (Å²) in [5, 5.41) is 10.3. The molecular formula is C18H23FN4O3. The van der Waals surface area contributed by atoms with Gasteiger partial charge in [-0.25, -0.2) is 9.18 Å². The van der Waals surface area contributed by atoms with E-state index in [0.29, 0.717) is 12.1 Å². The molecule has 26 heavy (non-hydrogen) atoms. The van der Waals surface area contributed by atoms with Gasteiger partial charge in [-0.05, 0) is 30.8 Å². The van der Waals surface area contributed by atoms with Crippen LogP contribution in [0.1, 0.15) is 25.0 Å². The van der Waals surface area contributed by atoms with Crippen molar-refractivity contribution in [2.75, 3.05) is 26.2 Å². The van der Waals surface area contributed by atoms with Crippen molar-refractivity contribution in [1.82, 2.24) is 14.5 Å². The molecule has 2 rings (SSSR count). The topological polar surface area (TPSA) is 90.7 Å². The third-order valence-electron chi connectivity index (χ3n) is 4.12. The predicted octanol–water partition coefficient (Wildman–Crippen LogP) is 1.19. The van der Waals surface area contributed by atoms with E-state index in [1.807, 2.05) is 0 Å². The van der Waals surface area contributed by atoms with Gasteiger partial charge >= 0.3 is 5.69 Å². The Morgan fingerprint density at radius 2 is 1.88 bits per heavy atom. The SMILES string of the molecule is CCN(CC)CCN=Cc1c(O)n(Cc2ccc(F)cc2)c(=O)[nH]c1=O. The van der Waals surface area contributed by atoms with E-state index in [4.69, 9.17) is 0 Å². The van der Waals surface area contributed by atoms with Crippen molar-refractivity contribution in [3.05, 3.63) is 62.0 Å². The lowest BCUT2D eigenvalue weighted by Gasteiger charge is -2.15. The minimum atomic E-state index is -0.739. The number of nitrogens with one attached hydrogen (secondary N) is 1. The Hall–Kier alpha value is -2.74. The standard InChI is InChI=1S/C18H23FN4O3/c1-3-22(4-2)10-9-20-11-15-16(24)21-18(26)23(17(15)25)12-13-5-7-14(19)8-6-13/h5-8,11,25H,3-4,9-10,12H2,1-2H3,(H,21,24,26). The Bertz CT molecular complexity index is 867. The summed E-state index contributed by atoms with van der Waals surface area (Å²) in [6, 6.07) is 5.53. The first kappa shape index (κ1) is 19.6. The molecule has 2 N–H and O–H groups in total. The molecule has 0 fully saturated rings. The molecule has 1 heterocycles. The van der Waals surface area contributed by atoms with Gasteiger partial charge in [-0.3, -0.25) is 19.3 Å². The lowest BCUT2D eigenvalue weighted by atomic mass is 10.2. The second kappa shape index (κ2) is 9.10. The molecule has 0 aliphatic rings. The highest BCUT2D eigenvalue weighted by atomic mass is 19.1. The predicted molar refractivity (Wildman–Crippen MR) is 98.7 cm³/mol. The summed E-state index contributed by atoms with van der Waals surface area (Å²) in [6.45, 7) is 7.11. The summed E-state index contributed by atoms with van der Waals surface area (Å²) in [5.41, 5.74) is -0.905. The van der Waals surface area contributed by atoms with Crippen LogP contribution in [0.4, 0.5) is 4.39 Å². The second-order valence-electron chi connectivity index (χ2n) is 5.77. The van der Waals surface area contributed by atoms with Crippen LogP contribution in [-0.2, 0) is 6.54 Å². The molecule has 2 aromatic rings. The van der Waals surface area contributed by atoms with Crippen molar-refractivity contribution >= 4 is 6.21 Å². The summed E-state index contributed by atoms with van der Waals surface area (Å²) < 4.78 is 14.0. The van der Waals surface area contributed by atoms with E-state index in [9.17, 15) is 19.1 Å². The number of H-pyrrole nitrogens is 1. The lowest BCUT2D eigenvalue weighted by Crippen LogP contribution is -2.32. The van der Waals surface area contributed by atoms with Crippen molar-refractivity contribution in [3.63, 3.8) is 0 Å². The highest BCUT2D eigenvalue weighted by Crippen LogP contribution is 2.11. The monoisotopic (exact) mass is 362 g/mol. The number of hydrogen-bond donors (Lipinski definition) is 2. The van der Waals surface area contributed by atoms with E-state index >= 15 is 0 Å². The fourth-order valence-electron chi connectivity index (χ4n) is 2.51. The lowest BCUT2D eigenvalue weighted by molar-refractivity contribution is 0.313. The first-order valence-electron chi connectivity index (χ1n) is 8.49. The number of hydrogen-bond acceptors (Lipinski definition) is 5. The van der Waals surface area contributed by atoms with Gasteiger partial charge < -0.3 is 10.0 Å². The molecule has 0 spiro atoms. The van der Waals surface area contributed by atoms with Crippen LogP contribution >= 0.6 is 0 Å². The molecule has 0 aliphatic heterocycles. The van der Waals surface area contributed by atoms with Crippen LogP contribution in [0.25, 0.3) is 0 Å². The van der Waals surface area contributed by atoms with Gasteiger partial charge in [0.15, 0.2) is 0 Å². The third-order valence-corrected chi connectivity index (χ3v) is 4.12. The average Bonchev–Trinajstić information content (AvgIpc) is 2.62. The number of aromatic amines is 1. The maximum atomic E-state index is 13.0. The number of aliphatic imine (C=N–C) groups is 1. The van der Waals surface area contributed by atoms with Gasteiger partial charge in [-0.1, -0.05) is 26.0 Å². The molecule has 0 atom stereocenters. The summed E-state index contributed by atoms with van der Waals surface area (Å²) in [7, 11) is 0. The van der Waals surface area contributed by atoms with Crippen molar-refractivity contribution in [2.45, 2.75) is 20.4 Å². The molecule has 1 aromatic heterocycles. The van der Waals surface area contributed by atoms with Crippen molar-refractivity contribution in [1.29, 1.82) is 0 Å². The smallest absolute Gasteiger partial charge is 0.331 e.